The van der Waals surface area contributed by atoms with E-state index in [1.165, 1.54) is 0 Å². The van der Waals surface area contributed by atoms with E-state index in [1.54, 1.807) is 17.5 Å². The average Bonchev–Trinajstić information content (AvgIpc) is 2.68. The zero-order valence-electron chi connectivity index (χ0n) is 8.85. The van der Waals surface area contributed by atoms with Crippen molar-refractivity contribution in [2.75, 3.05) is 0 Å². The number of nitrogens with zero attached hydrogens (tertiary/aromatic N) is 2. The number of hydrogen-bond donors (Lipinski definition) is 1. The molecule has 0 aliphatic carbocycles. The highest BCUT2D eigenvalue weighted by Gasteiger charge is 2.10. The van der Waals surface area contributed by atoms with Gasteiger partial charge in [0.05, 0.1) is 16.7 Å². The molecule has 2 aromatic rings. The minimum Gasteiger partial charge on any atom is -0.322 e. The largest absolute Gasteiger partial charge is 0.322 e. The fourth-order valence-electron chi connectivity index (χ4n) is 1.41. The van der Waals surface area contributed by atoms with Gasteiger partial charge in [0.25, 0.3) is 0 Å². The molecule has 0 fully saturated rings. The van der Waals surface area contributed by atoms with Crippen molar-refractivity contribution in [3.8, 4) is 0 Å². The summed E-state index contributed by atoms with van der Waals surface area (Å²) in [5.41, 5.74) is 8.01. The summed E-state index contributed by atoms with van der Waals surface area (Å²) in [4.78, 5) is 8.68. The zero-order chi connectivity index (χ0) is 11.5. The molecule has 3 nitrogen and oxygen atoms in total. The maximum absolute atomic E-state index is 6.07. The second kappa shape index (κ2) is 5.03. The third-order valence-electron chi connectivity index (χ3n) is 2.23. The van der Waals surface area contributed by atoms with Crippen molar-refractivity contribution < 1.29 is 0 Å². The molecule has 0 spiro atoms. The van der Waals surface area contributed by atoms with Gasteiger partial charge < -0.3 is 5.73 Å². The van der Waals surface area contributed by atoms with Crippen molar-refractivity contribution in [1.29, 1.82) is 0 Å². The van der Waals surface area contributed by atoms with Gasteiger partial charge in [0.2, 0.25) is 0 Å². The fraction of sp³-hybridized carbons (Fsp3) is 0.273. The van der Waals surface area contributed by atoms with E-state index < -0.39 is 0 Å². The van der Waals surface area contributed by atoms with Gasteiger partial charge in [-0.3, -0.25) is 4.98 Å². The van der Waals surface area contributed by atoms with Gasteiger partial charge in [0.1, 0.15) is 0 Å². The van der Waals surface area contributed by atoms with Gasteiger partial charge in [-0.05, 0) is 35.0 Å². The lowest BCUT2D eigenvalue weighted by molar-refractivity contribution is 0.686. The highest BCUT2D eigenvalue weighted by atomic mass is 79.9. The van der Waals surface area contributed by atoms with E-state index in [2.05, 4.69) is 25.9 Å². The molecule has 1 atom stereocenters. The molecule has 2 heterocycles. The normalized spacial score (nSPS) is 12.7. The lowest BCUT2D eigenvalue weighted by atomic mass is 10.1. The Morgan fingerprint density at radius 1 is 1.50 bits per heavy atom. The number of nitrogens with two attached hydrogens (primary N) is 1. The van der Waals surface area contributed by atoms with Crippen LogP contribution in [0.3, 0.4) is 0 Å². The number of rotatable bonds is 3. The molecular formula is C11H12BrN3S. The number of hydrogen-bond acceptors (Lipinski definition) is 4. The van der Waals surface area contributed by atoms with E-state index >= 15 is 0 Å². The van der Waals surface area contributed by atoms with Crippen LogP contribution in [0.5, 0.6) is 0 Å². The second-order valence-electron chi connectivity index (χ2n) is 3.57. The minimum absolute atomic E-state index is 0.0707. The van der Waals surface area contributed by atoms with Crippen molar-refractivity contribution in [3.63, 3.8) is 0 Å². The average molecular weight is 298 g/mol. The van der Waals surface area contributed by atoms with Crippen LogP contribution in [0, 0.1) is 6.92 Å². The highest BCUT2D eigenvalue weighted by molar-refractivity contribution is 9.10. The Labute approximate surface area is 107 Å². The summed E-state index contributed by atoms with van der Waals surface area (Å²) >= 11 is 4.98. The van der Waals surface area contributed by atoms with Crippen molar-refractivity contribution in [1.82, 2.24) is 9.97 Å². The Kier molecular flexibility index (Phi) is 3.68. The summed E-state index contributed by atoms with van der Waals surface area (Å²) in [6.45, 7) is 1.98. The Balaban J connectivity index is 2.07. The van der Waals surface area contributed by atoms with Gasteiger partial charge in [0, 0.05) is 28.2 Å². The van der Waals surface area contributed by atoms with Crippen LogP contribution >= 0.6 is 27.3 Å². The van der Waals surface area contributed by atoms with E-state index in [0.29, 0.717) is 0 Å². The summed E-state index contributed by atoms with van der Waals surface area (Å²) in [5, 5.41) is 3.06. The molecule has 84 valence electrons. The summed E-state index contributed by atoms with van der Waals surface area (Å²) in [7, 11) is 0. The molecule has 5 heteroatoms. The Bertz CT molecular complexity index is 466. The van der Waals surface area contributed by atoms with Crippen molar-refractivity contribution in [2.24, 2.45) is 5.73 Å². The van der Waals surface area contributed by atoms with Crippen molar-refractivity contribution >= 4 is 27.3 Å². The second-order valence-corrected chi connectivity index (χ2v) is 5.55. The van der Waals surface area contributed by atoms with Crippen LogP contribution in [0.15, 0.2) is 28.2 Å². The summed E-state index contributed by atoms with van der Waals surface area (Å²) in [6, 6.07) is 3.88. The fourth-order valence-corrected chi connectivity index (χ4v) is 2.32. The van der Waals surface area contributed by atoms with Crippen LogP contribution in [0.1, 0.15) is 22.4 Å². The molecule has 16 heavy (non-hydrogen) atoms. The third kappa shape index (κ3) is 2.87. The van der Waals surface area contributed by atoms with Gasteiger partial charge in [0.15, 0.2) is 0 Å². The van der Waals surface area contributed by atoms with Crippen LogP contribution in [-0.2, 0) is 6.42 Å². The first-order valence-corrected chi connectivity index (χ1v) is 6.60. The predicted octanol–water partition coefficient (Wildman–Crippen LogP) is 2.85. The molecule has 2 N–H and O–H groups in total. The summed E-state index contributed by atoms with van der Waals surface area (Å²) in [6.07, 6.45) is 2.50. The SMILES string of the molecule is Cc1nc(C(N)Cc2ccc(Br)cn2)cs1. The van der Waals surface area contributed by atoms with Crippen molar-refractivity contribution in [2.45, 2.75) is 19.4 Å². The molecule has 0 bridgehead atoms. The predicted molar refractivity (Wildman–Crippen MR) is 69.4 cm³/mol. The lowest BCUT2D eigenvalue weighted by Crippen LogP contribution is -2.14. The molecule has 2 aromatic heterocycles. The first-order chi connectivity index (χ1) is 7.65. The molecule has 0 saturated heterocycles. The van der Waals surface area contributed by atoms with Crippen LogP contribution in [-0.4, -0.2) is 9.97 Å². The molecule has 0 saturated carbocycles. The highest BCUT2D eigenvalue weighted by Crippen LogP contribution is 2.18. The maximum Gasteiger partial charge on any atom is 0.0898 e. The molecule has 0 aromatic carbocycles. The molecule has 0 radical (unpaired) electrons. The number of thiazole rings is 1. The van der Waals surface area contributed by atoms with Crippen LogP contribution in [0.2, 0.25) is 0 Å². The Hall–Kier alpha value is -0.780. The van der Waals surface area contributed by atoms with Crippen LogP contribution in [0.4, 0.5) is 0 Å². The van der Waals surface area contributed by atoms with Gasteiger partial charge in [-0.15, -0.1) is 11.3 Å². The number of pyridine rings is 1. The molecule has 0 amide bonds. The van der Waals surface area contributed by atoms with Crippen LogP contribution in [0.25, 0.3) is 0 Å². The van der Waals surface area contributed by atoms with Gasteiger partial charge in [-0.1, -0.05) is 0 Å². The van der Waals surface area contributed by atoms with Gasteiger partial charge in [-0.25, -0.2) is 4.98 Å². The Morgan fingerprint density at radius 3 is 2.88 bits per heavy atom. The molecule has 0 aliphatic rings. The first-order valence-electron chi connectivity index (χ1n) is 4.93. The zero-order valence-corrected chi connectivity index (χ0v) is 11.3. The van der Waals surface area contributed by atoms with Crippen molar-refractivity contribution in [3.05, 3.63) is 44.6 Å². The summed E-state index contributed by atoms with van der Waals surface area (Å²) in [5.74, 6) is 0. The standard InChI is InChI=1S/C11H12BrN3S/c1-7-15-11(6-16-7)10(13)4-9-3-2-8(12)5-14-9/h2-3,5-6,10H,4,13H2,1H3. The summed E-state index contributed by atoms with van der Waals surface area (Å²) < 4.78 is 0.981. The maximum atomic E-state index is 6.07. The van der Waals surface area contributed by atoms with E-state index in [4.69, 9.17) is 5.73 Å². The number of aryl methyl sites for hydroxylation is 1. The number of halogens is 1. The minimum atomic E-state index is -0.0707. The number of aromatic nitrogens is 2. The third-order valence-corrected chi connectivity index (χ3v) is 3.50. The molecule has 0 aliphatic heterocycles. The van der Waals surface area contributed by atoms with Gasteiger partial charge in [-0.2, -0.15) is 0 Å². The molecule has 2 rings (SSSR count). The first kappa shape index (κ1) is 11.7. The topological polar surface area (TPSA) is 51.8 Å². The van der Waals surface area contributed by atoms with Gasteiger partial charge >= 0.3 is 0 Å². The monoisotopic (exact) mass is 297 g/mol. The van der Waals surface area contributed by atoms with Crippen LogP contribution < -0.4 is 5.73 Å². The van der Waals surface area contributed by atoms with E-state index in [0.717, 1.165) is 27.3 Å². The van der Waals surface area contributed by atoms with E-state index in [-0.39, 0.29) is 6.04 Å². The smallest absolute Gasteiger partial charge is 0.0898 e. The lowest BCUT2D eigenvalue weighted by Gasteiger charge is -2.07. The quantitative estimate of drug-likeness (QED) is 0.948. The Morgan fingerprint density at radius 2 is 2.31 bits per heavy atom. The van der Waals surface area contributed by atoms with E-state index in [1.807, 2.05) is 24.4 Å². The molecule has 1 unspecified atom stereocenters. The molecular weight excluding hydrogens is 286 g/mol. The van der Waals surface area contributed by atoms with E-state index in [9.17, 15) is 0 Å².